The van der Waals surface area contributed by atoms with Crippen molar-refractivity contribution in [1.82, 2.24) is 10.2 Å². The Labute approximate surface area is 170 Å². The molecule has 1 saturated carbocycles. The zero-order valence-electron chi connectivity index (χ0n) is 15.3. The fourth-order valence-electron chi connectivity index (χ4n) is 4.55. The van der Waals surface area contributed by atoms with Crippen molar-refractivity contribution >= 4 is 24.8 Å². The Balaban J connectivity index is 0.00000121. The van der Waals surface area contributed by atoms with Crippen LogP contribution in [-0.2, 0) is 0 Å². The van der Waals surface area contributed by atoms with Gasteiger partial charge in [0.25, 0.3) is 0 Å². The molecule has 0 spiro atoms. The molecule has 1 aliphatic heterocycles. The fourth-order valence-corrected chi connectivity index (χ4v) is 4.55. The summed E-state index contributed by atoms with van der Waals surface area (Å²) in [6, 6.07) is 20.7. The quantitative estimate of drug-likeness (QED) is 0.755. The molecular weight excluding hydrogens is 363 g/mol. The predicted molar refractivity (Wildman–Crippen MR) is 116 cm³/mol. The molecule has 1 N–H and O–H groups in total. The Kier molecular flexibility index (Phi) is 8.43. The highest BCUT2D eigenvalue weighted by Gasteiger charge is 2.31. The van der Waals surface area contributed by atoms with Crippen LogP contribution < -0.4 is 5.32 Å². The smallest absolute Gasteiger partial charge is 0.0377 e. The summed E-state index contributed by atoms with van der Waals surface area (Å²) in [5.41, 5.74) is 4.20. The Bertz CT molecular complexity index is 650. The van der Waals surface area contributed by atoms with E-state index in [1.165, 1.54) is 55.5 Å². The van der Waals surface area contributed by atoms with Gasteiger partial charge in [-0.1, -0.05) is 61.4 Å². The van der Waals surface area contributed by atoms with Gasteiger partial charge in [0.1, 0.15) is 0 Å². The number of hydrogen-bond acceptors (Lipinski definition) is 2. The van der Waals surface area contributed by atoms with Crippen LogP contribution >= 0.6 is 24.8 Å². The summed E-state index contributed by atoms with van der Waals surface area (Å²) in [5, 5.41) is 3.51. The number of piperazine rings is 1. The van der Waals surface area contributed by atoms with Gasteiger partial charge in [-0.15, -0.1) is 24.8 Å². The zero-order chi connectivity index (χ0) is 16.2. The minimum Gasteiger partial charge on any atom is -0.314 e. The minimum absolute atomic E-state index is 0. The van der Waals surface area contributed by atoms with Crippen LogP contribution in [0.15, 0.2) is 54.6 Å². The number of nitrogens with one attached hydrogen (secondary N) is 1. The van der Waals surface area contributed by atoms with E-state index in [9.17, 15) is 0 Å². The molecule has 2 aromatic carbocycles. The Morgan fingerprint density at radius 1 is 0.808 bits per heavy atom. The summed E-state index contributed by atoms with van der Waals surface area (Å²) in [7, 11) is 0. The van der Waals surface area contributed by atoms with E-state index in [4.69, 9.17) is 0 Å². The molecule has 0 aromatic heterocycles. The van der Waals surface area contributed by atoms with Crippen molar-refractivity contribution in [2.24, 2.45) is 5.92 Å². The summed E-state index contributed by atoms with van der Waals surface area (Å²) in [6.07, 6.45) is 5.60. The third kappa shape index (κ3) is 4.80. The van der Waals surface area contributed by atoms with Crippen molar-refractivity contribution in [2.45, 2.75) is 31.7 Å². The van der Waals surface area contributed by atoms with Crippen LogP contribution in [0.1, 0.15) is 37.3 Å². The third-order valence-corrected chi connectivity index (χ3v) is 5.73. The second kappa shape index (κ2) is 10.3. The molecule has 2 aromatic rings. The molecule has 2 nitrogen and oxygen atoms in total. The summed E-state index contributed by atoms with van der Waals surface area (Å²) in [4.78, 5) is 2.73. The monoisotopic (exact) mass is 392 g/mol. The maximum absolute atomic E-state index is 3.51. The van der Waals surface area contributed by atoms with Gasteiger partial charge in [0.05, 0.1) is 0 Å². The molecule has 142 valence electrons. The van der Waals surface area contributed by atoms with Gasteiger partial charge >= 0.3 is 0 Å². The van der Waals surface area contributed by atoms with Crippen molar-refractivity contribution in [3.63, 3.8) is 0 Å². The number of benzene rings is 2. The first-order valence-corrected chi connectivity index (χ1v) is 9.52. The highest BCUT2D eigenvalue weighted by molar-refractivity contribution is 5.85. The van der Waals surface area contributed by atoms with Gasteiger partial charge in [-0.05, 0) is 41.5 Å². The van der Waals surface area contributed by atoms with E-state index in [-0.39, 0.29) is 24.8 Å². The lowest BCUT2D eigenvalue weighted by atomic mass is 9.88. The SMILES string of the molecule is Cl.Cl.c1ccc(-c2cccc([C@H](C3CCCC3)N3CCNCC3)c2)cc1. The lowest BCUT2D eigenvalue weighted by molar-refractivity contribution is 0.125. The van der Waals surface area contributed by atoms with Crippen LogP contribution in [-0.4, -0.2) is 31.1 Å². The van der Waals surface area contributed by atoms with Gasteiger partial charge in [-0.3, -0.25) is 4.90 Å². The predicted octanol–water partition coefficient (Wildman–Crippen LogP) is 5.33. The first-order valence-electron chi connectivity index (χ1n) is 9.52. The first kappa shape index (κ1) is 21.2. The maximum atomic E-state index is 3.51. The molecule has 1 saturated heterocycles. The normalized spacial score (nSPS) is 19.4. The van der Waals surface area contributed by atoms with Crippen LogP contribution in [0.4, 0.5) is 0 Å². The zero-order valence-corrected chi connectivity index (χ0v) is 16.9. The number of hydrogen-bond donors (Lipinski definition) is 1. The van der Waals surface area contributed by atoms with Crippen molar-refractivity contribution in [1.29, 1.82) is 0 Å². The fraction of sp³-hybridized carbons (Fsp3) is 0.455. The average molecular weight is 393 g/mol. The van der Waals surface area contributed by atoms with Crippen molar-refractivity contribution in [3.8, 4) is 11.1 Å². The first-order chi connectivity index (χ1) is 11.9. The van der Waals surface area contributed by atoms with Gasteiger partial charge < -0.3 is 5.32 Å². The molecule has 0 radical (unpaired) electrons. The van der Waals surface area contributed by atoms with Crippen LogP contribution in [0.2, 0.25) is 0 Å². The van der Waals surface area contributed by atoms with E-state index in [1.54, 1.807) is 0 Å². The van der Waals surface area contributed by atoms with E-state index in [0.717, 1.165) is 19.0 Å². The van der Waals surface area contributed by atoms with Gasteiger partial charge in [-0.2, -0.15) is 0 Å². The van der Waals surface area contributed by atoms with Crippen LogP contribution in [0.25, 0.3) is 11.1 Å². The van der Waals surface area contributed by atoms with Crippen molar-refractivity contribution < 1.29 is 0 Å². The number of rotatable bonds is 4. The molecule has 2 fully saturated rings. The maximum Gasteiger partial charge on any atom is 0.0377 e. The molecule has 1 atom stereocenters. The molecule has 2 aliphatic rings. The molecule has 26 heavy (non-hydrogen) atoms. The van der Waals surface area contributed by atoms with Gasteiger partial charge in [-0.25, -0.2) is 0 Å². The Morgan fingerprint density at radius 2 is 1.46 bits per heavy atom. The largest absolute Gasteiger partial charge is 0.314 e. The second-order valence-electron chi connectivity index (χ2n) is 7.27. The summed E-state index contributed by atoms with van der Waals surface area (Å²) in [5.74, 6) is 0.828. The second-order valence-corrected chi connectivity index (χ2v) is 7.27. The molecule has 4 rings (SSSR count). The lowest BCUT2D eigenvalue weighted by Gasteiger charge is -2.39. The van der Waals surface area contributed by atoms with Crippen LogP contribution in [0, 0.1) is 5.92 Å². The van der Waals surface area contributed by atoms with Gasteiger partial charge in [0, 0.05) is 32.2 Å². The highest BCUT2D eigenvalue weighted by Crippen LogP contribution is 2.40. The van der Waals surface area contributed by atoms with E-state index in [2.05, 4.69) is 64.8 Å². The van der Waals surface area contributed by atoms with E-state index >= 15 is 0 Å². The molecule has 4 heteroatoms. The lowest BCUT2D eigenvalue weighted by Crippen LogP contribution is -2.46. The van der Waals surface area contributed by atoms with E-state index < -0.39 is 0 Å². The molecule has 0 bridgehead atoms. The summed E-state index contributed by atoms with van der Waals surface area (Å²) < 4.78 is 0. The van der Waals surface area contributed by atoms with E-state index in [1.807, 2.05) is 0 Å². The van der Waals surface area contributed by atoms with Gasteiger partial charge in [0.15, 0.2) is 0 Å². The Morgan fingerprint density at radius 3 is 2.15 bits per heavy atom. The molecule has 1 heterocycles. The Hall–Kier alpha value is -1.06. The third-order valence-electron chi connectivity index (χ3n) is 5.73. The highest BCUT2D eigenvalue weighted by atomic mass is 35.5. The van der Waals surface area contributed by atoms with Gasteiger partial charge in [0.2, 0.25) is 0 Å². The minimum atomic E-state index is 0. The van der Waals surface area contributed by atoms with Crippen molar-refractivity contribution in [2.75, 3.05) is 26.2 Å². The van der Waals surface area contributed by atoms with Crippen LogP contribution in [0.3, 0.4) is 0 Å². The number of nitrogens with zero attached hydrogens (tertiary/aromatic N) is 1. The molecule has 0 amide bonds. The standard InChI is InChI=1S/C22H28N2.2ClH/c1-2-7-18(8-3-1)20-11-6-12-21(17-20)22(19-9-4-5-10-19)24-15-13-23-14-16-24;;/h1-3,6-8,11-12,17,19,22-23H,4-5,9-10,13-16H2;2*1H/t22-;;/m0../s1. The average Bonchev–Trinajstić information content (AvgIpc) is 3.18. The molecule has 0 unspecified atom stereocenters. The topological polar surface area (TPSA) is 15.3 Å². The van der Waals surface area contributed by atoms with Crippen molar-refractivity contribution in [3.05, 3.63) is 60.2 Å². The van der Waals surface area contributed by atoms with Crippen LogP contribution in [0.5, 0.6) is 0 Å². The molecule has 1 aliphatic carbocycles. The number of halogens is 2. The summed E-state index contributed by atoms with van der Waals surface area (Å²) >= 11 is 0. The summed E-state index contributed by atoms with van der Waals surface area (Å²) in [6.45, 7) is 4.61. The van der Waals surface area contributed by atoms with E-state index in [0.29, 0.717) is 6.04 Å². The molecular formula is C22H30Cl2N2.